The summed E-state index contributed by atoms with van der Waals surface area (Å²) in [4.78, 5) is 57.5. The molecule has 2 aromatic heterocycles. The summed E-state index contributed by atoms with van der Waals surface area (Å²) >= 11 is 3.69. The standard InChI is InChI=1S/C29H25N7O5S3/c1-15(37)31-29-35-34-24(44-29)19-14-42-26-21(33-20(38)12-18-13-43-28(30)32-18)25(39)36(26)22(19)27(40)41-23(16-8-4-2-5-9-16)17-10-6-3-7-11-17/h2-11,13,21,23,26H,12,14H2,1H3,(H2,30,32)(H,33,38)(H,31,35,37)/t21?,26-/m1/s1. The number of nitrogen functional groups attached to an aromatic ring is 1. The van der Waals surface area contributed by atoms with Gasteiger partial charge in [0.1, 0.15) is 22.1 Å². The van der Waals surface area contributed by atoms with Crippen molar-refractivity contribution in [2.45, 2.75) is 30.9 Å². The Bertz CT molecular complexity index is 1720. The number of amides is 3. The summed E-state index contributed by atoms with van der Waals surface area (Å²) in [7, 11) is 0. The van der Waals surface area contributed by atoms with Gasteiger partial charge in [0.15, 0.2) is 11.2 Å². The zero-order valence-electron chi connectivity index (χ0n) is 23.1. The van der Waals surface area contributed by atoms with Crippen molar-refractivity contribution in [1.82, 2.24) is 25.4 Å². The van der Waals surface area contributed by atoms with Crippen molar-refractivity contribution in [1.29, 1.82) is 0 Å². The lowest BCUT2D eigenvalue weighted by molar-refractivity contribution is -0.154. The predicted octanol–water partition coefficient (Wildman–Crippen LogP) is 3.22. The van der Waals surface area contributed by atoms with E-state index < -0.39 is 29.4 Å². The molecule has 1 fully saturated rings. The van der Waals surface area contributed by atoms with Crippen molar-refractivity contribution in [3.63, 3.8) is 0 Å². The molecule has 4 heterocycles. The summed E-state index contributed by atoms with van der Waals surface area (Å²) in [5.74, 6) is -1.60. The van der Waals surface area contributed by atoms with Crippen LogP contribution in [0.5, 0.6) is 0 Å². The van der Waals surface area contributed by atoms with Gasteiger partial charge >= 0.3 is 5.97 Å². The Morgan fingerprint density at radius 1 is 1.07 bits per heavy atom. The Kier molecular flexibility index (Phi) is 8.41. The Balaban J connectivity index is 1.32. The highest BCUT2D eigenvalue weighted by Gasteiger charge is 2.55. The first-order valence-corrected chi connectivity index (χ1v) is 16.1. The maximum Gasteiger partial charge on any atom is 0.356 e. The third kappa shape index (κ3) is 6.06. The summed E-state index contributed by atoms with van der Waals surface area (Å²) in [5, 5.41) is 15.7. The van der Waals surface area contributed by atoms with Crippen LogP contribution in [0.25, 0.3) is 5.57 Å². The molecule has 2 atom stereocenters. The summed E-state index contributed by atoms with van der Waals surface area (Å²) in [6.45, 7) is 1.36. The first-order valence-electron chi connectivity index (χ1n) is 13.4. The number of hydrogen-bond acceptors (Lipinski definition) is 12. The van der Waals surface area contributed by atoms with E-state index in [4.69, 9.17) is 10.5 Å². The summed E-state index contributed by atoms with van der Waals surface area (Å²) in [6.07, 6.45) is -0.786. The highest BCUT2D eigenvalue weighted by atomic mass is 32.2. The number of nitrogens with zero attached hydrogens (tertiary/aromatic N) is 4. The van der Waals surface area contributed by atoms with Gasteiger partial charge in [0.2, 0.25) is 16.9 Å². The Morgan fingerprint density at radius 3 is 2.36 bits per heavy atom. The van der Waals surface area contributed by atoms with Gasteiger partial charge in [0.25, 0.3) is 5.91 Å². The molecule has 2 aromatic carbocycles. The molecule has 44 heavy (non-hydrogen) atoms. The van der Waals surface area contributed by atoms with Gasteiger partial charge < -0.3 is 21.1 Å². The van der Waals surface area contributed by atoms with E-state index in [1.165, 1.54) is 34.9 Å². The zero-order chi connectivity index (χ0) is 30.8. The second kappa shape index (κ2) is 12.6. The fraction of sp³-hybridized carbons (Fsp3) is 0.207. The van der Waals surface area contributed by atoms with Crippen LogP contribution in [0.15, 0.2) is 71.7 Å². The zero-order valence-corrected chi connectivity index (χ0v) is 25.6. The molecule has 2 aliphatic heterocycles. The van der Waals surface area contributed by atoms with Gasteiger partial charge in [-0.1, -0.05) is 72.0 Å². The Labute approximate surface area is 263 Å². The lowest BCUT2D eigenvalue weighted by Crippen LogP contribution is -2.70. The molecule has 0 saturated carbocycles. The molecule has 0 bridgehead atoms. The average Bonchev–Trinajstić information content (AvgIpc) is 3.66. The first-order chi connectivity index (χ1) is 21.3. The summed E-state index contributed by atoms with van der Waals surface area (Å²) in [6, 6.07) is 17.8. The van der Waals surface area contributed by atoms with Crippen LogP contribution in [0, 0.1) is 0 Å². The maximum absolute atomic E-state index is 14.1. The predicted molar refractivity (Wildman–Crippen MR) is 167 cm³/mol. The van der Waals surface area contributed by atoms with E-state index in [1.54, 1.807) is 5.38 Å². The minimum absolute atomic E-state index is 0.0268. The van der Waals surface area contributed by atoms with Gasteiger partial charge in [-0.2, -0.15) is 0 Å². The number of nitrogens with two attached hydrogens (primary N) is 1. The van der Waals surface area contributed by atoms with Crippen LogP contribution < -0.4 is 16.4 Å². The SMILES string of the molecule is CC(=O)Nc1nnc(C2=C(C(=O)OC(c3ccccc3)c3ccccc3)N3C(=O)C(NC(=O)Cc4csc(N)n4)[C@H]3SC2)s1. The first kappa shape index (κ1) is 29.5. The van der Waals surface area contributed by atoms with E-state index in [0.29, 0.717) is 21.4 Å². The lowest BCUT2D eigenvalue weighted by Gasteiger charge is -2.49. The fourth-order valence-electron chi connectivity index (χ4n) is 4.86. The quantitative estimate of drug-likeness (QED) is 0.181. The smallest absolute Gasteiger partial charge is 0.356 e. The normalized spacial score (nSPS) is 17.6. The molecule has 15 heteroatoms. The van der Waals surface area contributed by atoms with Gasteiger partial charge in [0.05, 0.1) is 12.1 Å². The topological polar surface area (TPSA) is 170 Å². The van der Waals surface area contributed by atoms with E-state index in [1.807, 2.05) is 60.7 Å². The maximum atomic E-state index is 14.1. The minimum Gasteiger partial charge on any atom is -0.448 e. The third-order valence-electron chi connectivity index (χ3n) is 6.78. The number of β-lactam (4-membered cyclic amide) rings is 1. The van der Waals surface area contributed by atoms with E-state index in [2.05, 4.69) is 25.8 Å². The number of esters is 1. The van der Waals surface area contributed by atoms with Gasteiger partial charge in [0, 0.05) is 23.6 Å². The molecular weight excluding hydrogens is 623 g/mol. The number of aromatic nitrogens is 3. The number of fused-ring (bicyclic) bond motifs is 1. The molecule has 12 nitrogen and oxygen atoms in total. The number of hydrogen-bond donors (Lipinski definition) is 3. The second-order valence-electron chi connectivity index (χ2n) is 9.84. The van der Waals surface area contributed by atoms with Gasteiger partial charge in [-0.05, 0) is 11.1 Å². The monoisotopic (exact) mass is 647 g/mol. The van der Waals surface area contributed by atoms with Crippen LogP contribution in [-0.4, -0.2) is 60.9 Å². The highest BCUT2D eigenvalue weighted by molar-refractivity contribution is 8.00. The molecule has 1 saturated heterocycles. The molecule has 4 aromatic rings. The van der Waals surface area contributed by atoms with Crippen LogP contribution >= 0.6 is 34.4 Å². The Morgan fingerprint density at radius 2 is 1.75 bits per heavy atom. The molecule has 0 aliphatic carbocycles. The third-order valence-corrected chi connectivity index (χ3v) is 9.69. The summed E-state index contributed by atoms with van der Waals surface area (Å²) < 4.78 is 6.16. The second-order valence-corrected chi connectivity index (χ2v) is 12.8. The van der Waals surface area contributed by atoms with Crippen LogP contribution in [-0.2, 0) is 30.3 Å². The molecule has 6 rings (SSSR count). The number of carbonyl (C=O) groups excluding carboxylic acids is 4. The number of carbonyl (C=O) groups is 4. The minimum atomic E-state index is -0.851. The number of rotatable bonds is 9. The lowest BCUT2D eigenvalue weighted by atomic mass is 10.0. The van der Waals surface area contributed by atoms with Gasteiger partial charge in [-0.25, -0.2) is 9.78 Å². The molecule has 0 spiro atoms. The number of thiazole rings is 1. The molecule has 1 unspecified atom stereocenters. The fourth-order valence-corrected chi connectivity index (χ4v) is 7.69. The number of benzene rings is 2. The van der Waals surface area contributed by atoms with Crippen molar-refractivity contribution in [2.24, 2.45) is 0 Å². The van der Waals surface area contributed by atoms with Crippen LogP contribution in [0.1, 0.15) is 34.9 Å². The van der Waals surface area contributed by atoms with Crippen LogP contribution in [0.3, 0.4) is 0 Å². The summed E-state index contributed by atoms with van der Waals surface area (Å²) in [5.41, 5.74) is 8.16. The number of ether oxygens (including phenoxy) is 1. The van der Waals surface area contributed by atoms with Crippen LogP contribution in [0.2, 0.25) is 0 Å². The van der Waals surface area contributed by atoms with Gasteiger partial charge in [-0.15, -0.1) is 33.3 Å². The number of thioether (sulfide) groups is 1. The highest BCUT2D eigenvalue weighted by Crippen LogP contribution is 2.45. The van der Waals surface area contributed by atoms with Crippen molar-refractivity contribution in [2.75, 3.05) is 16.8 Å². The number of nitrogens with one attached hydrogen (secondary N) is 2. The van der Waals surface area contributed by atoms with E-state index in [0.717, 1.165) is 22.5 Å². The molecule has 3 amide bonds. The van der Waals surface area contributed by atoms with Crippen molar-refractivity contribution >= 4 is 74.0 Å². The van der Waals surface area contributed by atoms with E-state index in [9.17, 15) is 19.2 Å². The van der Waals surface area contributed by atoms with Crippen molar-refractivity contribution in [3.8, 4) is 0 Å². The van der Waals surface area contributed by atoms with E-state index in [-0.39, 0.29) is 34.8 Å². The van der Waals surface area contributed by atoms with Crippen molar-refractivity contribution in [3.05, 3.63) is 93.6 Å². The van der Waals surface area contributed by atoms with Crippen molar-refractivity contribution < 1.29 is 23.9 Å². The molecule has 4 N–H and O–H groups in total. The molecule has 224 valence electrons. The largest absolute Gasteiger partial charge is 0.448 e. The molecule has 2 aliphatic rings. The van der Waals surface area contributed by atoms with Gasteiger partial charge in [-0.3, -0.25) is 19.3 Å². The van der Waals surface area contributed by atoms with E-state index >= 15 is 0 Å². The molecule has 0 radical (unpaired) electrons. The molecular formula is C29H25N7O5S3. The number of anilines is 2. The average molecular weight is 648 g/mol. The Hall–Kier alpha value is -4.60. The van der Waals surface area contributed by atoms with Crippen LogP contribution in [0.4, 0.5) is 10.3 Å².